The summed E-state index contributed by atoms with van der Waals surface area (Å²) in [7, 11) is 0. The fourth-order valence-electron chi connectivity index (χ4n) is 2.60. The van der Waals surface area contributed by atoms with E-state index in [1.54, 1.807) is 6.20 Å². The maximum atomic E-state index is 4.18. The van der Waals surface area contributed by atoms with Gasteiger partial charge in [-0.25, -0.2) is 0 Å². The van der Waals surface area contributed by atoms with Crippen molar-refractivity contribution in [2.45, 2.75) is 25.8 Å². The summed E-state index contributed by atoms with van der Waals surface area (Å²) in [5.41, 5.74) is 4.91. The minimum Gasteiger partial charge on any atom is -0.307 e. The summed E-state index contributed by atoms with van der Waals surface area (Å²) in [6.45, 7) is 5.50. The third-order valence-corrected chi connectivity index (χ3v) is 3.61. The SMILES string of the molecule is CC1(C)NCCc2ccc(-c3cccnn3)cc21. The number of hydrogen-bond acceptors (Lipinski definition) is 3. The van der Waals surface area contributed by atoms with Crippen LogP contribution in [-0.4, -0.2) is 16.7 Å². The summed E-state index contributed by atoms with van der Waals surface area (Å²) in [4.78, 5) is 0. The second-order valence-electron chi connectivity index (χ2n) is 5.28. The van der Waals surface area contributed by atoms with Gasteiger partial charge in [0.2, 0.25) is 0 Å². The van der Waals surface area contributed by atoms with Gasteiger partial charge < -0.3 is 5.32 Å². The molecular weight excluding hydrogens is 222 g/mol. The number of rotatable bonds is 1. The number of nitrogens with zero attached hydrogens (tertiary/aromatic N) is 2. The Morgan fingerprint density at radius 1 is 1.22 bits per heavy atom. The van der Waals surface area contributed by atoms with Gasteiger partial charge in [0.1, 0.15) is 0 Å². The van der Waals surface area contributed by atoms with E-state index in [1.165, 1.54) is 11.1 Å². The summed E-state index contributed by atoms with van der Waals surface area (Å²) in [6.07, 6.45) is 2.80. The van der Waals surface area contributed by atoms with Crippen LogP contribution < -0.4 is 5.32 Å². The van der Waals surface area contributed by atoms with Crippen LogP contribution in [0.5, 0.6) is 0 Å². The number of fused-ring (bicyclic) bond motifs is 1. The van der Waals surface area contributed by atoms with Crippen molar-refractivity contribution in [2.24, 2.45) is 0 Å². The van der Waals surface area contributed by atoms with Crippen molar-refractivity contribution in [1.82, 2.24) is 15.5 Å². The predicted octanol–water partition coefficient (Wildman–Crippen LogP) is 2.52. The van der Waals surface area contributed by atoms with Crippen LogP contribution in [-0.2, 0) is 12.0 Å². The van der Waals surface area contributed by atoms with Gasteiger partial charge in [0.25, 0.3) is 0 Å². The van der Waals surface area contributed by atoms with Crippen molar-refractivity contribution in [1.29, 1.82) is 0 Å². The maximum Gasteiger partial charge on any atom is 0.0929 e. The molecule has 1 aliphatic heterocycles. The van der Waals surface area contributed by atoms with E-state index in [1.807, 2.05) is 12.1 Å². The Morgan fingerprint density at radius 2 is 2.11 bits per heavy atom. The van der Waals surface area contributed by atoms with Crippen LogP contribution in [0.2, 0.25) is 0 Å². The summed E-state index contributed by atoms with van der Waals surface area (Å²) >= 11 is 0. The normalized spacial score (nSPS) is 17.2. The number of aromatic nitrogens is 2. The molecule has 0 spiro atoms. The Hall–Kier alpha value is -1.74. The quantitative estimate of drug-likeness (QED) is 0.831. The van der Waals surface area contributed by atoms with Crippen LogP contribution in [0.1, 0.15) is 25.0 Å². The number of nitrogens with one attached hydrogen (secondary N) is 1. The van der Waals surface area contributed by atoms with E-state index in [0.29, 0.717) is 0 Å². The van der Waals surface area contributed by atoms with Crippen molar-refractivity contribution < 1.29 is 0 Å². The highest BCUT2D eigenvalue weighted by molar-refractivity contribution is 5.61. The molecule has 0 amide bonds. The summed E-state index contributed by atoms with van der Waals surface area (Å²) < 4.78 is 0. The molecule has 3 nitrogen and oxygen atoms in total. The van der Waals surface area contributed by atoms with Crippen LogP contribution in [0.3, 0.4) is 0 Å². The van der Waals surface area contributed by atoms with Gasteiger partial charge in [-0.15, -0.1) is 0 Å². The summed E-state index contributed by atoms with van der Waals surface area (Å²) in [5, 5.41) is 11.7. The topological polar surface area (TPSA) is 37.8 Å². The lowest BCUT2D eigenvalue weighted by Gasteiger charge is -2.34. The van der Waals surface area contributed by atoms with E-state index in [-0.39, 0.29) is 5.54 Å². The molecule has 0 fully saturated rings. The molecule has 2 aromatic rings. The molecule has 1 N–H and O–H groups in total. The minimum absolute atomic E-state index is 0.0335. The Kier molecular flexibility index (Phi) is 2.63. The lowest BCUT2D eigenvalue weighted by molar-refractivity contribution is 0.382. The van der Waals surface area contributed by atoms with E-state index in [9.17, 15) is 0 Å². The molecule has 1 aromatic carbocycles. The lowest BCUT2D eigenvalue weighted by Crippen LogP contribution is -2.42. The zero-order valence-electron chi connectivity index (χ0n) is 10.8. The Labute approximate surface area is 107 Å². The molecule has 0 unspecified atom stereocenters. The zero-order chi connectivity index (χ0) is 12.6. The lowest BCUT2D eigenvalue weighted by atomic mass is 9.84. The largest absolute Gasteiger partial charge is 0.307 e. The molecule has 0 radical (unpaired) electrons. The second-order valence-corrected chi connectivity index (χ2v) is 5.28. The first-order chi connectivity index (χ1) is 8.67. The fraction of sp³-hybridized carbons (Fsp3) is 0.333. The van der Waals surface area contributed by atoms with E-state index in [0.717, 1.165) is 24.2 Å². The van der Waals surface area contributed by atoms with Crippen LogP contribution in [0.15, 0.2) is 36.5 Å². The average molecular weight is 239 g/mol. The van der Waals surface area contributed by atoms with Crippen LogP contribution in [0, 0.1) is 0 Å². The molecule has 18 heavy (non-hydrogen) atoms. The van der Waals surface area contributed by atoms with Crippen molar-refractivity contribution in [3.8, 4) is 11.3 Å². The fourth-order valence-corrected chi connectivity index (χ4v) is 2.60. The second kappa shape index (κ2) is 4.18. The van der Waals surface area contributed by atoms with Crippen molar-refractivity contribution >= 4 is 0 Å². The molecule has 0 bridgehead atoms. The third-order valence-electron chi connectivity index (χ3n) is 3.61. The molecule has 1 aliphatic rings. The highest BCUT2D eigenvalue weighted by atomic mass is 15.1. The molecular formula is C15H17N3. The molecule has 3 heteroatoms. The van der Waals surface area contributed by atoms with Gasteiger partial charge in [-0.3, -0.25) is 0 Å². The van der Waals surface area contributed by atoms with Gasteiger partial charge in [0.15, 0.2) is 0 Å². The van der Waals surface area contributed by atoms with E-state index < -0.39 is 0 Å². The zero-order valence-corrected chi connectivity index (χ0v) is 10.8. The highest BCUT2D eigenvalue weighted by Gasteiger charge is 2.26. The molecule has 0 saturated heterocycles. The van der Waals surface area contributed by atoms with E-state index >= 15 is 0 Å². The summed E-state index contributed by atoms with van der Waals surface area (Å²) in [5.74, 6) is 0. The van der Waals surface area contributed by atoms with Crippen LogP contribution in [0.25, 0.3) is 11.3 Å². The first-order valence-electron chi connectivity index (χ1n) is 6.33. The standard InChI is InChI=1S/C15H17N3/c1-15(2)13-10-12(14-4-3-8-17-18-14)6-5-11(13)7-9-16-15/h3-6,8,10,16H,7,9H2,1-2H3. The third kappa shape index (κ3) is 1.91. The minimum atomic E-state index is 0.0335. The summed E-state index contributed by atoms with van der Waals surface area (Å²) in [6, 6.07) is 10.5. The average Bonchev–Trinajstić information content (AvgIpc) is 2.39. The van der Waals surface area contributed by atoms with Gasteiger partial charge >= 0.3 is 0 Å². The molecule has 0 aliphatic carbocycles. The molecule has 0 atom stereocenters. The molecule has 1 aromatic heterocycles. The number of hydrogen-bond donors (Lipinski definition) is 1. The molecule has 3 rings (SSSR count). The van der Waals surface area contributed by atoms with Crippen LogP contribution in [0.4, 0.5) is 0 Å². The highest BCUT2D eigenvalue weighted by Crippen LogP contribution is 2.31. The van der Waals surface area contributed by atoms with Gasteiger partial charge in [0.05, 0.1) is 5.69 Å². The number of benzene rings is 1. The molecule has 0 saturated carbocycles. The van der Waals surface area contributed by atoms with E-state index in [4.69, 9.17) is 0 Å². The van der Waals surface area contributed by atoms with Crippen molar-refractivity contribution in [3.05, 3.63) is 47.7 Å². The Bertz CT molecular complexity index is 561. The van der Waals surface area contributed by atoms with Gasteiger partial charge in [-0.2, -0.15) is 10.2 Å². The predicted molar refractivity (Wildman–Crippen MR) is 72.2 cm³/mol. The Balaban J connectivity index is 2.10. The van der Waals surface area contributed by atoms with Crippen molar-refractivity contribution in [3.63, 3.8) is 0 Å². The van der Waals surface area contributed by atoms with Gasteiger partial charge in [-0.05, 0) is 56.1 Å². The first kappa shape index (κ1) is 11.4. The van der Waals surface area contributed by atoms with Gasteiger partial charge in [-0.1, -0.05) is 12.1 Å². The van der Waals surface area contributed by atoms with Gasteiger partial charge in [0, 0.05) is 17.3 Å². The van der Waals surface area contributed by atoms with E-state index in [2.05, 4.69) is 47.6 Å². The Morgan fingerprint density at radius 3 is 2.89 bits per heavy atom. The molecule has 92 valence electrons. The molecule has 2 heterocycles. The van der Waals surface area contributed by atoms with Crippen molar-refractivity contribution in [2.75, 3.05) is 6.54 Å². The smallest absolute Gasteiger partial charge is 0.0929 e. The van der Waals surface area contributed by atoms with Crippen LogP contribution >= 0.6 is 0 Å². The maximum absolute atomic E-state index is 4.18. The first-order valence-corrected chi connectivity index (χ1v) is 6.33. The monoisotopic (exact) mass is 239 g/mol.